The summed E-state index contributed by atoms with van der Waals surface area (Å²) in [6, 6.07) is 10.4. The first kappa shape index (κ1) is 10.4. The van der Waals surface area contributed by atoms with Crippen LogP contribution in [-0.2, 0) is 0 Å². The smallest absolute Gasteiger partial charge is 0.0846 e. The number of pyridine rings is 1. The molecule has 0 amide bonds. The van der Waals surface area contributed by atoms with Crippen molar-refractivity contribution in [3.63, 3.8) is 0 Å². The first-order valence-electron chi connectivity index (χ1n) is 4.86. The standard InChI is InChI=1S/C13H12BrN/c1-9-7-12(14)13(15-8-9)11-6-4-3-5-10(11)2/h3-8H,1-2H3. The zero-order valence-corrected chi connectivity index (χ0v) is 10.4. The lowest BCUT2D eigenvalue weighted by molar-refractivity contribution is 1.24. The number of benzene rings is 1. The van der Waals surface area contributed by atoms with Crippen LogP contribution in [-0.4, -0.2) is 4.98 Å². The summed E-state index contributed by atoms with van der Waals surface area (Å²) in [5.74, 6) is 0. The normalized spacial score (nSPS) is 10.3. The fraction of sp³-hybridized carbons (Fsp3) is 0.154. The van der Waals surface area contributed by atoms with Gasteiger partial charge in [-0.05, 0) is 47.0 Å². The highest BCUT2D eigenvalue weighted by atomic mass is 79.9. The topological polar surface area (TPSA) is 12.9 Å². The van der Waals surface area contributed by atoms with E-state index in [0.29, 0.717) is 0 Å². The molecule has 0 atom stereocenters. The van der Waals surface area contributed by atoms with Crippen LogP contribution in [0.3, 0.4) is 0 Å². The predicted octanol–water partition coefficient (Wildman–Crippen LogP) is 4.13. The molecule has 2 aromatic rings. The summed E-state index contributed by atoms with van der Waals surface area (Å²) in [5.41, 5.74) is 4.61. The van der Waals surface area contributed by atoms with E-state index < -0.39 is 0 Å². The molecule has 2 heteroatoms. The molecule has 0 aliphatic heterocycles. The molecule has 0 radical (unpaired) electrons. The largest absolute Gasteiger partial charge is 0.255 e. The van der Waals surface area contributed by atoms with Crippen molar-refractivity contribution in [2.24, 2.45) is 0 Å². The van der Waals surface area contributed by atoms with Crippen molar-refractivity contribution in [1.82, 2.24) is 4.98 Å². The zero-order chi connectivity index (χ0) is 10.8. The van der Waals surface area contributed by atoms with Crippen molar-refractivity contribution in [3.8, 4) is 11.3 Å². The van der Waals surface area contributed by atoms with Crippen molar-refractivity contribution in [2.75, 3.05) is 0 Å². The average Bonchev–Trinajstić information content (AvgIpc) is 2.20. The molecule has 0 saturated carbocycles. The number of halogens is 1. The fourth-order valence-electron chi connectivity index (χ4n) is 1.57. The van der Waals surface area contributed by atoms with Gasteiger partial charge in [-0.15, -0.1) is 0 Å². The van der Waals surface area contributed by atoms with Gasteiger partial charge in [0.25, 0.3) is 0 Å². The lowest BCUT2D eigenvalue weighted by atomic mass is 10.1. The molecule has 2 rings (SSSR count). The van der Waals surface area contributed by atoms with Crippen molar-refractivity contribution in [1.29, 1.82) is 0 Å². The quantitative estimate of drug-likeness (QED) is 0.753. The van der Waals surface area contributed by atoms with Crippen LogP contribution in [0, 0.1) is 13.8 Å². The highest BCUT2D eigenvalue weighted by molar-refractivity contribution is 9.10. The van der Waals surface area contributed by atoms with E-state index in [2.05, 4.69) is 46.0 Å². The van der Waals surface area contributed by atoms with Crippen molar-refractivity contribution < 1.29 is 0 Å². The Morgan fingerprint density at radius 1 is 1.13 bits per heavy atom. The van der Waals surface area contributed by atoms with E-state index >= 15 is 0 Å². The molecule has 1 aromatic carbocycles. The minimum Gasteiger partial charge on any atom is -0.255 e. The van der Waals surface area contributed by atoms with E-state index in [-0.39, 0.29) is 0 Å². The molecule has 0 saturated heterocycles. The van der Waals surface area contributed by atoms with Gasteiger partial charge >= 0.3 is 0 Å². The Labute approximate surface area is 98.3 Å². The molecule has 0 bridgehead atoms. The van der Waals surface area contributed by atoms with Gasteiger partial charge in [0.05, 0.1) is 5.69 Å². The molecule has 0 fully saturated rings. The van der Waals surface area contributed by atoms with Crippen LogP contribution in [0.15, 0.2) is 41.0 Å². The summed E-state index contributed by atoms with van der Waals surface area (Å²) in [4.78, 5) is 4.46. The molecule has 1 aromatic heterocycles. The SMILES string of the molecule is Cc1cnc(-c2ccccc2C)c(Br)c1. The maximum Gasteiger partial charge on any atom is 0.0846 e. The Hall–Kier alpha value is -1.15. The van der Waals surface area contributed by atoms with E-state index in [1.165, 1.54) is 16.7 Å². The van der Waals surface area contributed by atoms with E-state index in [0.717, 1.165) is 10.2 Å². The Morgan fingerprint density at radius 2 is 1.87 bits per heavy atom. The lowest BCUT2D eigenvalue weighted by Gasteiger charge is -2.07. The van der Waals surface area contributed by atoms with Crippen molar-refractivity contribution in [3.05, 3.63) is 52.1 Å². The molecule has 0 aliphatic carbocycles. The van der Waals surface area contributed by atoms with Gasteiger partial charge in [-0.2, -0.15) is 0 Å². The van der Waals surface area contributed by atoms with E-state index in [4.69, 9.17) is 0 Å². The van der Waals surface area contributed by atoms with Gasteiger partial charge in [0, 0.05) is 16.2 Å². The number of aromatic nitrogens is 1. The van der Waals surface area contributed by atoms with E-state index in [1.807, 2.05) is 25.3 Å². The van der Waals surface area contributed by atoms with Crippen LogP contribution in [0.5, 0.6) is 0 Å². The van der Waals surface area contributed by atoms with Crippen LogP contribution in [0.2, 0.25) is 0 Å². The number of aryl methyl sites for hydroxylation is 2. The zero-order valence-electron chi connectivity index (χ0n) is 8.79. The first-order chi connectivity index (χ1) is 7.18. The summed E-state index contributed by atoms with van der Waals surface area (Å²) in [6.45, 7) is 4.14. The summed E-state index contributed by atoms with van der Waals surface area (Å²) < 4.78 is 1.05. The highest BCUT2D eigenvalue weighted by Gasteiger charge is 2.06. The van der Waals surface area contributed by atoms with Crippen LogP contribution >= 0.6 is 15.9 Å². The molecule has 0 unspecified atom stereocenters. The molecule has 0 aliphatic rings. The summed E-state index contributed by atoms with van der Waals surface area (Å²) >= 11 is 3.56. The highest BCUT2D eigenvalue weighted by Crippen LogP contribution is 2.28. The van der Waals surface area contributed by atoms with Gasteiger partial charge in [0.2, 0.25) is 0 Å². The van der Waals surface area contributed by atoms with E-state index in [9.17, 15) is 0 Å². The van der Waals surface area contributed by atoms with Gasteiger partial charge in [-0.25, -0.2) is 0 Å². The number of rotatable bonds is 1. The minimum absolute atomic E-state index is 1.01. The number of hydrogen-bond acceptors (Lipinski definition) is 1. The summed E-state index contributed by atoms with van der Waals surface area (Å²) in [6.07, 6.45) is 1.90. The van der Waals surface area contributed by atoms with E-state index in [1.54, 1.807) is 0 Å². The number of nitrogens with zero attached hydrogens (tertiary/aromatic N) is 1. The summed E-state index contributed by atoms with van der Waals surface area (Å²) in [5, 5.41) is 0. The van der Waals surface area contributed by atoms with Crippen molar-refractivity contribution >= 4 is 15.9 Å². The molecule has 0 N–H and O–H groups in total. The monoisotopic (exact) mass is 261 g/mol. The third-order valence-corrected chi connectivity index (χ3v) is 2.98. The Bertz CT molecular complexity index is 492. The molecular formula is C13H12BrN. The van der Waals surface area contributed by atoms with Gasteiger partial charge in [-0.1, -0.05) is 24.3 Å². The minimum atomic E-state index is 1.01. The van der Waals surface area contributed by atoms with Crippen LogP contribution in [0.1, 0.15) is 11.1 Å². The molecule has 0 spiro atoms. The second-order valence-electron chi connectivity index (χ2n) is 3.66. The van der Waals surface area contributed by atoms with Gasteiger partial charge in [0.15, 0.2) is 0 Å². The lowest BCUT2D eigenvalue weighted by Crippen LogP contribution is -1.89. The van der Waals surface area contributed by atoms with Crippen LogP contribution in [0.25, 0.3) is 11.3 Å². The van der Waals surface area contributed by atoms with Crippen LogP contribution < -0.4 is 0 Å². The molecule has 1 nitrogen and oxygen atoms in total. The third kappa shape index (κ3) is 2.10. The van der Waals surface area contributed by atoms with Crippen molar-refractivity contribution in [2.45, 2.75) is 13.8 Å². The molecule has 15 heavy (non-hydrogen) atoms. The maximum atomic E-state index is 4.46. The molecule has 1 heterocycles. The molecular weight excluding hydrogens is 250 g/mol. The van der Waals surface area contributed by atoms with Gasteiger partial charge < -0.3 is 0 Å². The molecule has 76 valence electrons. The third-order valence-electron chi connectivity index (χ3n) is 2.38. The Morgan fingerprint density at radius 3 is 2.53 bits per heavy atom. The fourth-order valence-corrected chi connectivity index (χ4v) is 2.25. The average molecular weight is 262 g/mol. The second kappa shape index (κ2) is 4.15. The predicted molar refractivity (Wildman–Crippen MR) is 66.8 cm³/mol. The van der Waals surface area contributed by atoms with Crippen LogP contribution in [0.4, 0.5) is 0 Å². The van der Waals surface area contributed by atoms with Gasteiger partial charge in [0.1, 0.15) is 0 Å². The second-order valence-corrected chi connectivity index (χ2v) is 4.51. The summed E-state index contributed by atoms with van der Waals surface area (Å²) in [7, 11) is 0. The first-order valence-corrected chi connectivity index (χ1v) is 5.66. The Kier molecular flexibility index (Phi) is 2.87. The Balaban J connectivity index is 2.60. The maximum absolute atomic E-state index is 4.46. The number of hydrogen-bond donors (Lipinski definition) is 0. The van der Waals surface area contributed by atoms with Gasteiger partial charge in [-0.3, -0.25) is 4.98 Å².